The summed E-state index contributed by atoms with van der Waals surface area (Å²) >= 11 is 0. The first kappa shape index (κ1) is 12.9. The van der Waals surface area contributed by atoms with Crippen molar-refractivity contribution in [3.63, 3.8) is 0 Å². The molecule has 0 unspecified atom stereocenters. The van der Waals surface area contributed by atoms with Crippen molar-refractivity contribution >= 4 is 11.7 Å². The van der Waals surface area contributed by atoms with Crippen molar-refractivity contribution < 1.29 is 14.6 Å². The Morgan fingerprint density at radius 2 is 2.11 bits per heavy atom. The number of aryl methyl sites for hydroxylation is 2. The van der Waals surface area contributed by atoms with Gasteiger partial charge in [0.25, 0.3) is 0 Å². The number of anilines is 1. The molecule has 98 valence electrons. The average Bonchev–Trinajstić information content (AvgIpc) is 2.22. The molecular weight excluding hydrogens is 230 g/mol. The van der Waals surface area contributed by atoms with Crippen molar-refractivity contribution in [3.05, 3.63) is 29.3 Å². The van der Waals surface area contributed by atoms with E-state index in [0.29, 0.717) is 19.8 Å². The van der Waals surface area contributed by atoms with E-state index >= 15 is 0 Å². The molecule has 0 spiro atoms. The first-order chi connectivity index (χ1) is 8.44. The second kappa shape index (κ2) is 4.61. The van der Waals surface area contributed by atoms with Crippen LogP contribution in [0, 0.1) is 19.3 Å². The molecule has 0 bridgehead atoms. The summed E-state index contributed by atoms with van der Waals surface area (Å²) in [6.07, 6.45) is 0. The monoisotopic (exact) mass is 249 g/mol. The van der Waals surface area contributed by atoms with Crippen LogP contribution < -0.4 is 4.90 Å². The molecule has 0 amide bonds. The molecule has 1 fully saturated rings. The van der Waals surface area contributed by atoms with Crippen LogP contribution >= 0.6 is 0 Å². The second-order valence-electron chi connectivity index (χ2n) is 5.22. The first-order valence-electron chi connectivity index (χ1n) is 6.04. The van der Waals surface area contributed by atoms with Gasteiger partial charge in [0, 0.05) is 19.3 Å². The Morgan fingerprint density at radius 3 is 2.56 bits per heavy atom. The highest BCUT2D eigenvalue weighted by molar-refractivity contribution is 5.77. The van der Waals surface area contributed by atoms with Gasteiger partial charge in [-0.15, -0.1) is 0 Å². The molecule has 18 heavy (non-hydrogen) atoms. The van der Waals surface area contributed by atoms with Gasteiger partial charge in [0.2, 0.25) is 0 Å². The van der Waals surface area contributed by atoms with Crippen LogP contribution in [0.1, 0.15) is 11.1 Å². The minimum Gasteiger partial charge on any atom is -0.481 e. The summed E-state index contributed by atoms with van der Waals surface area (Å²) in [5, 5.41) is 9.29. The summed E-state index contributed by atoms with van der Waals surface area (Å²) in [6, 6.07) is 6.19. The lowest BCUT2D eigenvalue weighted by molar-refractivity contribution is -0.177. The molecule has 1 aliphatic rings. The summed E-state index contributed by atoms with van der Waals surface area (Å²) in [4.78, 5) is 13.3. The summed E-state index contributed by atoms with van der Waals surface area (Å²) in [7, 11) is 1.93. The van der Waals surface area contributed by atoms with Gasteiger partial charge in [0.05, 0.1) is 13.2 Å². The normalized spacial score (nSPS) is 17.1. The van der Waals surface area contributed by atoms with Crippen molar-refractivity contribution in [3.8, 4) is 0 Å². The van der Waals surface area contributed by atoms with Crippen LogP contribution in [0.3, 0.4) is 0 Å². The molecule has 0 aromatic heterocycles. The van der Waals surface area contributed by atoms with Crippen LogP contribution in [0.5, 0.6) is 0 Å². The molecular formula is C14H19NO3. The molecule has 2 rings (SSSR count). The molecule has 4 heteroatoms. The fourth-order valence-electron chi connectivity index (χ4n) is 2.40. The third-order valence-electron chi connectivity index (χ3n) is 3.51. The second-order valence-corrected chi connectivity index (χ2v) is 5.22. The molecule has 1 aromatic carbocycles. The molecule has 0 saturated carbocycles. The number of ether oxygens (including phenoxy) is 1. The molecule has 4 nitrogen and oxygen atoms in total. The summed E-state index contributed by atoms with van der Waals surface area (Å²) in [5.74, 6) is -0.773. The smallest absolute Gasteiger partial charge is 0.316 e. The molecule has 0 radical (unpaired) electrons. The number of carboxylic acids is 1. The average molecular weight is 249 g/mol. The molecule has 0 aliphatic carbocycles. The van der Waals surface area contributed by atoms with Crippen molar-refractivity contribution in [2.24, 2.45) is 5.41 Å². The summed E-state index contributed by atoms with van der Waals surface area (Å²) in [6.45, 7) is 5.18. The van der Waals surface area contributed by atoms with E-state index in [0.717, 1.165) is 5.69 Å². The molecule has 1 N–H and O–H groups in total. The number of nitrogens with zero attached hydrogens (tertiary/aromatic N) is 1. The highest BCUT2D eigenvalue weighted by Crippen LogP contribution is 2.31. The fourth-order valence-corrected chi connectivity index (χ4v) is 2.40. The van der Waals surface area contributed by atoms with Crippen LogP contribution in [0.15, 0.2) is 18.2 Å². The number of aliphatic carboxylic acids is 1. The highest BCUT2D eigenvalue weighted by atomic mass is 16.5. The number of hydrogen-bond donors (Lipinski definition) is 1. The fraction of sp³-hybridized carbons (Fsp3) is 0.500. The van der Waals surface area contributed by atoms with Gasteiger partial charge >= 0.3 is 5.97 Å². The van der Waals surface area contributed by atoms with Gasteiger partial charge in [-0.3, -0.25) is 4.79 Å². The summed E-state index contributed by atoms with van der Waals surface area (Å²) < 4.78 is 5.08. The van der Waals surface area contributed by atoms with Gasteiger partial charge in [-0.25, -0.2) is 0 Å². The van der Waals surface area contributed by atoms with E-state index in [1.165, 1.54) is 11.1 Å². The lowest BCUT2D eigenvalue weighted by Gasteiger charge is -2.40. The number of carboxylic acid groups (broad SMARTS) is 1. The molecule has 1 heterocycles. The van der Waals surface area contributed by atoms with E-state index in [9.17, 15) is 9.90 Å². The Hall–Kier alpha value is -1.55. The van der Waals surface area contributed by atoms with Crippen molar-refractivity contribution in [2.45, 2.75) is 13.8 Å². The zero-order chi connectivity index (χ0) is 13.3. The minimum atomic E-state index is -0.773. The Bertz CT molecular complexity index is 466. The number of rotatable bonds is 4. The van der Waals surface area contributed by atoms with Crippen LogP contribution in [-0.2, 0) is 9.53 Å². The third-order valence-corrected chi connectivity index (χ3v) is 3.51. The van der Waals surface area contributed by atoms with Crippen LogP contribution in [0.4, 0.5) is 5.69 Å². The van der Waals surface area contributed by atoms with Crippen LogP contribution in [0.2, 0.25) is 0 Å². The highest BCUT2D eigenvalue weighted by Gasteiger charge is 2.47. The lowest BCUT2D eigenvalue weighted by atomic mass is 9.85. The maximum atomic E-state index is 11.3. The van der Waals surface area contributed by atoms with Gasteiger partial charge in [-0.1, -0.05) is 17.7 Å². The maximum Gasteiger partial charge on any atom is 0.316 e. The van der Waals surface area contributed by atoms with E-state index < -0.39 is 11.4 Å². The van der Waals surface area contributed by atoms with Crippen LogP contribution in [-0.4, -0.2) is 37.9 Å². The van der Waals surface area contributed by atoms with Gasteiger partial charge in [-0.2, -0.15) is 0 Å². The predicted molar refractivity (Wildman–Crippen MR) is 70.1 cm³/mol. The van der Waals surface area contributed by atoms with E-state index in [2.05, 4.69) is 13.0 Å². The maximum absolute atomic E-state index is 11.3. The predicted octanol–water partition coefficient (Wildman–Crippen LogP) is 1.84. The number of benzene rings is 1. The quantitative estimate of drug-likeness (QED) is 0.884. The minimum absolute atomic E-state index is 0.303. The number of hydrogen-bond acceptors (Lipinski definition) is 3. The van der Waals surface area contributed by atoms with Crippen LogP contribution in [0.25, 0.3) is 0 Å². The Kier molecular flexibility index (Phi) is 3.30. The van der Waals surface area contributed by atoms with Gasteiger partial charge in [0.1, 0.15) is 5.41 Å². The standard InChI is InChI=1S/C14H19NO3/c1-10-4-5-12(11(2)6-10)15(3)7-14(13(16)17)8-18-9-14/h4-6H,7-9H2,1-3H3,(H,16,17). The SMILES string of the molecule is Cc1ccc(N(C)CC2(C(=O)O)COC2)c(C)c1. The molecule has 1 aromatic rings. The zero-order valence-electron chi connectivity index (χ0n) is 11.1. The van der Waals surface area contributed by atoms with Crippen molar-refractivity contribution in [1.82, 2.24) is 0 Å². The van der Waals surface area contributed by atoms with Crippen molar-refractivity contribution in [2.75, 3.05) is 31.7 Å². The van der Waals surface area contributed by atoms with Crippen molar-refractivity contribution in [1.29, 1.82) is 0 Å². The Morgan fingerprint density at radius 1 is 1.44 bits per heavy atom. The van der Waals surface area contributed by atoms with E-state index in [1.807, 2.05) is 31.0 Å². The Labute approximate surface area is 107 Å². The first-order valence-corrected chi connectivity index (χ1v) is 6.04. The topological polar surface area (TPSA) is 49.8 Å². The Balaban J connectivity index is 2.16. The van der Waals surface area contributed by atoms with Gasteiger partial charge < -0.3 is 14.7 Å². The number of carbonyl (C=O) groups is 1. The molecule has 1 saturated heterocycles. The van der Waals surface area contributed by atoms with Gasteiger partial charge in [-0.05, 0) is 25.5 Å². The van der Waals surface area contributed by atoms with Gasteiger partial charge in [0.15, 0.2) is 0 Å². The van der Waals surface area contributed by atoms with E-state index in [-0.39, 0.29) is 0 Å². The zero-order valence-corrected chi connectivity index (χ0v) is 11.1. The van der Waals surface area contributed by atoms with E-state index in [1.54, 1.807) is 0 Å². The summed E-state index contributed by atoms with van der Waals surface area (Å²) in [5.41, 5.74) is 2.71. The molecule has 1 aliphatic heterocycles. The molecule has 0 atom stereocenters. The van der Waals surface area contributed by atoms with E-state index in [4.69, 9.17) is 4.74 Å². The third kappa shape index (κ3) is 2.20. The largest absolute Gasteiger partial charge is 0.481 e. The lowest BCUT2D eigenvalue weighted by Crippen LogP contribution is -2.55.